The Morgan fingerprint density at radius 3 is 3.22 bits per heavy atom. The molecule has 7 heteroatoms. The van der Waals surface area contributed by atoms with E-state index >= 15 is 0 Å². The molecule has 0 unspecified atom stereocenters. The van der Waals surface area contributed by atoms with Crippen LogP contribution in [-0.2, 0) is 22.6 Å². The molecule has 2 aromatic heterocycles. The van der Waals surface area contributed by atoms with Gasteiger partial charge < -0.3 is 10.1 Å². The molecule has 2 aromatic rings. The maximum absolute atomic E-state index is 12.4. The molecular formula is C16H22N4O2S. The van der Waals surface area contributed by atoms with Crippen molar-refractivity contribution < 1.29 is 9.53 Å². The molecule has 23 heavy (non-hydrogen) atoms. The van der Waals surface area contributed by atoms with Gasteiger partial charge in [-0.05, 0) is 24.4 Å². The third kappa shape index (κ3) is 4.40. The average Bonchev–Trinajstić information content (AvgIpc) is 3.25. The summed E-state index contributed by atoms with van der Waals surface area (Å²) < 4.78 is 7.67. The Kier molecular flexibility index (Phi) is 5.43. The van der Waals surface area contributed by atoms with E-state index < -0.39 is 0 Å². The lowest BCUT2D eigenvalue weighted by Crippen LogP contribution is -2.52. The summed E-state index contributed by atoms with van der Waals surface area (Å²) >= 11 is 1.66. The van der Waals surface area contributed by atoms with Gasteiger partial charge in [0.15, 0.2) is 0 Å². The molecule has 124 valence electrons. The number of nitrogens with zero attached hydrogens (tertiary/aromatic N) is 3. The van der Waals surface area contributed by atoms with Gasteiger partial charge in [-0.25, -0.2) is 0 Å². The van der Waals surface area contributed by atoms with E-state index in [0.29, 0.717) is 19.7 Å². The van der Waals surface area contributed by atoms with E-state index in [0.717, 1.165) is 13.1 Å². The van der Waals surface area contributed by atoms with Crippen LogP contribution >= 0.6 is 11.3 Å². The summed E-state index contributed by atoms with van der Waals surface area (Å²) in [5.74, 6) is 0.0677. The fourth-order valence-electron chi connectivity index (χ4n) is 2.72. The lowest BCUT2D eigenvalue weighted by molar-refractivity contribution is -0.129. The van der Waals surface area contributed by atoms with Crippen LogP contribution in [-0.4, -0.2) is 52.4 Å². The van der Waals surface area contributed by atoms with Crippen molar-refractivity contribution in [3.63, 3.8) is 0 Å². The van der Waals surface area contributed by atoms with E-state index in [1.165, 1.54) is 4.88 Å². The lowest BCUT2D eigenvalue weighted by Gasteiger charge is -2.36. The second-order valence-electron chi connectivity index (χ2n) is 5.69. The van der Waals surface area contributed by atoms with Gasteiger partial charge in [-0.3, -0.25) is 14.4 Å². The van der Waals surface area contributed by atoms with Crippen LogP contribution in [0.25, 0.3) is 0 Å². The number of amides is 1. The van der Waals surface area contributed by atoms with E-state index in [-0.39, 0.29) is 18.1 Å². The van der Waals surface area contributed by atoms with Crippen molar-refractivity contribution >= 4 is 17.2 Å². The molecule has 0 bridgehead atoms. The van der Waals surface area contributed by atoms with Gasteiger partial charge in [0.05, 0.1) is 31.8 Å². The van der Waals surface area contributed by atoms with Crippen molar-refractivity contribution in [3.05, 3.63) is 40.8 Å². The van der Waals surface area contributed by atoms with E-state index in [1.54, 1.807) is 17.5 Å². The maximum Gasteiger partial charge on any atom is 0.237 e. The zero-order valence-electron chi connectivity index (χ0n) is 13.2. The fraction of sp³-hybridized carbons (Fsp3) is 0.500. The lowest BCUT2D eigenvalue weighted by atomic mass is 10.2. The molecule has 6 nitrogen and oxygen atoms in total. The van der Waals surface area contributed by atoms with Gasteiger partial charge in [-0.1, -0.05) is 6.07 Å². The number of nitrogens with one attached hydrogen (secondary N) is 1. The number of morpholine rings is 1. The van der Waals surface area contributed by atoms with Crippen LogP contribution in [0.2, 0.25) is 0 Å². The number of hydrogen-bond donors (Lipinski definition) is 1. The third-order valence-corrected chi connectivity index (χ3v) is 4.94. The third-order valence-electron chi connectivity index (χ3n) is 4.06. The van der Waals surface area contributed by atoms with Gasteiger partial charge in [0.25, 0.3) is 0 Å². The quantitative estimate of drug-likeness (QED) is 0.866. The fourth-order valence-corrected chi connectivity index (χ4v) is 3.37. The summed E-state index contributed by atoms with van der Waals surface area (Å²) in [6.45, 7) is 5.44. The van der Waals surface area contributed by atoms with E-state index in [9.17, 15) is 4.79 Å². The number of rotatable bonds is 6. The van der Waals surface area contributed by atoms with Crippen LogP contribution in [0.3, 0.4) is 0 Å². The molecule has 0 aliphatic carbocycles. The van der Waals surface area contributed by atoms with Gasteiger partial charge in [-0.2, -0.15) is 5.10 Å². The van der Waals surface area contributed by atoms with Gasteiger partial charge in [0.1, 0.15) is 0 Å². The van der Waals surface area contributed by atoms with Crippen LogP contribution in [0.5, 0.6) is 0 Å². The monoisotopic (exact) mass is 334 g/mol. The molecule has 0 saturated carbocycles. The predicted molar refractivity (Wildman–Crippen MR) is 89.2 cm³/mol. The Balaban J connectivity index is 1.49. The second kappa shape index (κ2) is 7.72. The highest BCUT2D eigenvalue weighted by Crippen LogP contribution is 2.12. The summed E-state index contributed by atoms with van der Waals surface area (Å²) in [6, 6.07) is 5.78. The first-order valence-corrected chi connectivity index (χ1v) is 8.73. The number of carbonyl (C=O) groups excluding carboxylic acids is 1. The normalized spacial score (nSPS) is 20.3. The molecular weight excluding hydrogens is 312 g/mol. The summed E-state index contributed by atoms with van der Waals surface area (Å²) in [7, 11) is 0. The molecule has 2 atom stereocenters. The first-order valence-electron chi connectivity index (χ1n) is 7.85. The van der Waals surface area contributed by atoms with Crippen molar-refractivity contribution in [2.75, 3.05) is 19.7 Å². The summed E-state index contributed by atoms with van der Waals surface area (Å²) in [5.41, 5.74) is 0. The van der Waals surface area contributed by atoms with Gasteiger partial charge in [0.2, 0.25) is 5.91 Å². The topological polar surface area (TPSA) is 59.4 Å². The average molecular weight is 334 g/mol. The molecule has 0 aromatic carbocycles. The van der Waals surface area contributed by atoms with Crippen molar-refractivity contribution in [1.82, 2.24) is 20.0 Å². The van der Waals surface area contributed by atoms with Gasteiger partial charge in [0, 0.05) is 30.4 Å². The molecule has 0 radical (unpaired) electrons. The number of carbonyl (C=O) groups is 1. The molecule has 1 N–H and O–H groups in total. The zero-order chi connectivity index (χ0) is 16.1. The maximum atomic E-state index is 12.4. The highest BCUT2D eigenvalue weighted by molar-refractivity contribution is 7.09. The molecule has 3 rings (SSSR count). The minimum absolute atomic E-state index is 0.0659. The SMILES string of the molecule is C[C@@H](C(=O)NCc1cccs1)N1CCO[C@H](Cn2cccn2)C1. The Morgan fingerprint density at radius 2 is 2.48 bits per heavy atom. The van der Waals surface area contributed by atoms with E-state index in [1.807, 2.05) is 41.4 Å². The highest BCUT2D eigenvalue weighted by atomic mass is 32.1. The molecule has 0 spiro atoms. The van der Waals surface area contributed by atoms with Crippen molar-refractivity contribution in [2.45, 2.75) is 32.2 Å². The Labute approximate surface area is 140 Å². The van der Waals surface area contributed by atoms with Crippen LogP contribution in [0.4, 0.5) is 0 Å². The van der Waals surface area contributed by atoms with Gasteiger partial charge in [-0.15, -0.1) is 11.3 Å². The summed E-state index contributed by atoms with van der Waals surface area (Å²) in [4.78, 5) is 15.7. The Bertz CT molecular complexity index is 600. The van der Waals surface area contributed by atoms with Crippen LogP contribution < -0.4 is 5.32 Å². The second-order valence-corrected chi connectivity index (χ2v) is 6.72. The van der Waals surface area contributed by atoms with Crippen molar-refractivity contribution in [2.24, 2.45) is 0 Å². The molecule has 1 aliphatic rings. The minimum atomic E-state index is -0.154. The molecule has 1 aliphatic heterocycles. The van der Waals surface area contributed by atoms with E-state index in [4.69, 9.17) is 4.74 Å². The standard InChI is InChI=1S/C16H22N4O2S/c1-13(16(21)17-10-15-4-2-9-23-15)19-7-8-22-14(11-19)12-20-6-3-5-18-20/h2-6,9,13-14H,7-8,10-12H2,1H3,(H,17,21)/t13-,14-/m0/s1. The predicted octanol–water partition coefficient (Wildman–Crippen LogP) is 1.35. The van der Waals surface area contributed by atoms with Crippen LogP contribution in [0, 0.1) is 0 Å². The van der Waals surface area contributed by atoms with Gasteiger partial charge >= 0.3 is 0 Å². The number of aromatic nitrogens is 2. The Hall–Kier alpha value is -1.70. The summed E-state index contributed by atoms with van der Waals surface area (Å²) in [6.07, 6.45) is 3.76. The largest absolute Gasteiger partial charge is 0.374 e. The molecule has 1 saturated heterocycles. The Morgan fingerprint density at radius 1 is 1.57 bits per heavy atom. The number of hydrogen-bond acceptors (Lipinski definition) is 5. The van der Waals surface area contributed by atoms with Crippen molar-refractivity contribution in [1.29, 1.82) is 0 Å². The minimum Gasteiger partial charge on any atom is -0.374 e. The van der Waals surface area contributed by atoms with E-state index in [2.05, 4.69) is 15.3 Å². The van der Waals surface area contributed by atoms with Crippen molar-refractivity contribution in [3.8, 4) is 0 Å². The first kappa shape index (κ1) is 16.2. The molecule has 3 heterocycles. The van der Waals surface area contributed by atoms with Crippen LogP contribution in [0.15, 0.2) is 36.0 Å². The smallest absolute Gasteiger partial charge is 0.237 e. The first-order chi connectivity index (χ1) is 11.2. The highest BCUT2D eigenvalue weighted by Gasteiger charge is 2.28. The van der Waals surface area contributed by atoms with Crippen LogP contribution in [0.1, 0.15) is 11.8 Å². The number of thiophene rings is 1. The molecule has 1 amide bonds. The summed E-state index contributed by atoms with van der Waals surface area (Å²) in [5, 5.41) is 9.25. The molecule has 1 fully saturated rings. The number of ether oxygens (including phenoxy) is 1. The zero-order valence-corrected chi connectivity index (χ0v) is 14.0.